The van der Waals surface area contributed by atoms with Gasteiger partial charge in [-0.25, -0.2) is 0 Å². The zero-order valence-electron chi connectivity index (χ0n) is 13.9. The molecule has 0 amide bonds. The number of allylic oxidation sites excluding steroid dienone is 1. The standard InChI is InChI=1S/C18H27NO3/c1-5-6-16-11-17(20-4)7-8-18(16)21-10-9-19-12-14(2)22-15(3)13-19/h5,7-8,11,14-15H,1,6,9-10,12-13H2,2-4H3/t14-,15-/m0/s1. The largest absolute Gasteiger partial charge is 0.497 e. The van der Waals surface area contributed by atoms with Crippen LogP contribution >= 0.6 is 0 Å². The van der Waals surface area contributed by atoms with Crippen molar-refractivity contribution in [3.8, 4) is 11.5 Å². The fourth-order valence-electron chi connectivity index (χ4n) is 2.89. The second-order valence-electron chi connectivity index (χ2n) is 5.83. The lowest BCUT2D eigenvalue weighted by Gasteiger charge is -2.35. The maximum Gasteiger partial charge on any atom is 0.123 e. The van der Waals surface area contributed by atoms with Crippen molar-refractivity contribution >= 4 is 0 Å². The summed E-state index contributed by atoms with van der Waals surface area (Å²) in [5.74, 6) is 1.76. The number of hydrogen-bond donors (Lipinski definition) is 0. The van der Waals surface area contributed by atoms with Crippen LogP contribution < -0.4 is 9.47 Å². The average Bonchev–Trinajstić information content (AvgIpc) is 2.48. The van der Waals surface area contributed by atoms with E-state index in [4.69, 9.17) is 14.2 Å². The molecule has 1 aromatic rings. The Kier molecular flexibility index (Phi) is 6.28. The first-order valence-electron chi connectivity index (χ1n) is 7.90. The number of rotatable bonds is 7. The molecule has 1 saturated heterocycles. The first-order valence-corrected chi connectivity index (χ1v) is 7.90. The van der Waals surface area contributed by atoms with Gasteiger partial charge < -0.3 is 14.2 Å². The third kappa shape index (κ3) is 4.75. The van der Waals surface area contributed by atoms with Crippen LogP contribution in [-0.4, -0.2) is 50.5 Å². The van der Waals surface area contributed by atoms with Gasteiger partial charge in [-0.2, -0.15) is 0 Å². The molecule has 22 heavy (non-hydrogen) atoms. The van der Waals surface area contributed by atoms with Gasteiger partial charge in [0.15, 0.2) is 0 Å². The number of nitrogens with zero attached hydrogens (tertiary/aromatic N) is 1. The molecule has 0 saturated carbocycles. The van der Waals surface area contributed by atoms with Crippen LogP contribution in [-0.2, 0) is 11.2 Å². The van der Waals surface area contributed by atoms with Crippen molar-refractivity contribution in [1.82, 2.24) is 4.90 Å². The van der Waals surface area contributed by atoms with Crippen molar-refractivity contribution in [3.63, 3.8) is 0 Å². The van der Waals surface area contributed by atoms with E-state index in [9.17, 15) is 0 Å². The van der Waals surface area contributed by atoms with Crippen molar-refractivity contribution in [3.05, 3.63) is 36.4 Å². The zero-order chi connectivity index (χ0) is 15.9. The molecule has 1 heterocycles. The zero-order valence-corrected chi connectivity index (χ0v) is 13.9. The molecule has 122 valence electrons. The molecule has 2 rings (SSSR count). The van der Waals surface area contributed by atoms with E-state index in [-0.39, 0.29) is 0 Å². The fraction of sp³-hybridized carbons (Fsp3) is 0.556. The molecule has 0 aromatic heterocycles. The van der Waals surface area contributed by atoms with Crippen LogP contribution in [0.3, 0.4) is 0 Å². The Labute approximate surface area is 133 Å². The topological polar surface area (TPSA) is 30.9 Å². The summed E-state index contributed by atoms with van der Waals surface area (Å²) in [6, 6.07) is 5.92. The SMILES string of the molecule is C=CCc1cc(OC)ccc1OCCN1C[C@H](C)O[C@@H](C)C1. The van der Waals surface area contributed by atoms with Crippen LogP contribution in [0.15, 0.2) is 30.9 Å². The van der Waals surface area contributed by atoms with E-state index in [1.807, 2.05) is 24.3 Å². The molecule has 0 aliphatic carbocycles. The first kappa shape index (κ1) is 16.8. The predicted molar refractivity (Wildman–Crippen MR) is 88.8 cm³/mol. The van der Waals surface area contributed by atoms with Crippen molar-refractivity contribution in [1.29, 1.82) is 0 Å². The lowest BCUT2D eigenvalue weighted by Crippen LogP contribution is -2.46. The van der Waals surface area contributed by atoms with Gasteiger partial charge in [0.25, 0.3) is 0 Å². The molecule has 0 N–H and O–H groups in total. The van der Waals surface area contributed by atoms with Gasteiger partial charge in [0, 0.05) is 25.2 Å². The highest BCUT2D eigenvalue weighted by atomic mass is 16.5. The summed E-state index contributed by atoms with van der Waals surface area (Å²) in [4.78, 5) is 2.40. The molecule has 0 spiro atoms. The molecule has 1 aromatic carbocycles. The Balaban J connectivity index is 1.89. The highest BCUT2D eigenvalue weighted by molar-refractivity contribution is 5.41. The third-order valence-corrected chi connectivity index (χ3v) is 3.79. The van der Waals surface area contributed by atoms with Crippen molar-refractivity contribution in [2.24, 2.45) is 0 Å². The Morgan fingerprint density at radius 2 is 2.05 bits per heavy atom. The van der Waals surface area contributed by atoms with Gasteiger partial charge in [0.2, 0.25) is 0 Å². The minimum atomic E-state index is 0.293. The minimum absolute atomic E-state index is 0.293. The van der Waals surface area contributed by atoms with Gasteiger partial charge in [-0.3, -0.25) is 4.90 Å². The van der Waals surface area contributed by atoms with E-state index < -0.39 is 0 Å². The maximum atomic E-state index is 5.98. The molecule has 2 atom stereocenters. The summed E-state index contributed by atoms with van der Waals surface area (Å²) in [5.41, 5.74) is 1.11. The van der Waals surface area contributed by atoms with E-state index in [2.05, 4.69) is 25.3 Å². The van der Waals surface area contributed by atoms with Crippen molar-refractivity contribution < 1.29 is 14.2 Å². The summed E-state index contributed by atoms with van der Waals surface area (Å²) in [5, 5.41) is 0. The van der Waals surface area contributed by atoms with Gasteiger partial charge in [-0.05, 0) is 38.5 Å². The van der Waals surface area contributed by atoms with Crippen LogP contribution in [0.2, 0.25) is 0 Å². The first-order chi connectivity index (χ1) is 10.6. The number of ether oxygens (including phenoxy) is 3. The summed E-state index contributed by atoms with van der Waals surface area (Å²) < 4.78 is 17.0. The highest BCUT2D eigenvalue weighted by Gasteiger charge is 2.21. The summed E-state index contributed by atoms with van der Waals surface area (Å²) in [7, 11) is 1.67. The highest BCUT2D eigenvalue weighted by Crippen LogP contribution is 2.25. The summed E-state index contributed by atoms with van der Waals surface area (Å²) in [6.45, 7) is 11.6. The van der Waals surface area contributed by atoms with E-state index in [1.54, 1.807) is 7.11 Å². The van der Waals surface area contributed by atoms with Gasteiger partial charge in [0.1, 0.15) is 18.1 Å². The fourth-order valence-corrected chi connectivity index (χ4v) is 2.89. The Morgan fingerprint density at radius 3 is 2.68 bits per heavy atom. The van der Waals surface area contributed by atoms with Crippen molar-refractivity contribution in [2.75, 3.05) is 33.4 Å². The normalized spacial score (nSPS) is 22.3. The number of methoxy groups -OCH3 is 1. The smallest absolute Gasteiger partial charge is 0.123 e. The predicted octanol–water partition coefficient (Wildman–Crippen LogP) is 2.91. The van der Waals surface area contributed by atoms with Gasteiger partial charge >= 0.3 is 0 Å². The molecule has 1 fully saturated rings. The van der Waals surface area contributed by atoms with Crippen LogP contribution in [0.5, 0.6) is 11.5 Å². The van der Waals surface area contributed by atoms with Crippen LogP contribution in [0, 0.1) is 0 Å². The Hall–Kier alpha value is -1.52. The van der Waals surface area contributed by atoms with Crippen molar-refractivity contribution in [2.45, 2.75) is 32.5 Å². The van der Waals surface area contributed by atoms with Gasteiger partial charge in [-0.15, -0.1) is 6.58 Å². The molecule has 4 heteroatoms. The second-order valence-corrected chi connectivity index (χ2v) is 5.83. The maximum absolute atomic E-state index is 5.98. The third-order valence-electron chi connectivity index (χ3n) is 3.79. The van der Waals surface area contributed by atoms with E-state index >= 15 is 0 Å². The molecular formula is C18H27NO3. The van der Waals surface area contributed by atoms with E-state index in [1.165, 1.54) is 0 Å². The van der Waals surface area contributed by atoms with Crippen LogP contribution in [0.25, 0.3) is 0 Å². The average molecular weight is 305 g/mol. The van der Waals surface area contributed by atoms with Crippen LogP contribution in [0.1, 0.15) is 19.4 Å². The lowest BCUT2D eigenvalue weighted by molar-refractivity contribution is -0.0699. The van der Waals surface area contributed by atoms with E-state index in [0.717, 1.165) is 43.1 Å². The number of benzene rings is 1. The molecule has 1 aliphatic heterocycles. The lowest BCUT2D eigenvalue weighted by atomic mass is 10.1. The molecule has 0 unspecified atom stereocenters. The molecular weight excluding hydrogens is 278 g/mol. The quantitative estimate of drug-likeness (QED) is 0.725. The Morgan fingerprint density at radius 1 is 1.32 bits per heavy atom. The molecule has 0 bridgehead atoms. The second kappa shape index (κ2) is 8.20. The number of hydrogen-bond acceptors (Lipinski definition) is 4. The van der Waals surface area contributed by atoms with Crippen LogP contribution in [0.4, 0.5) is 0 Å². The van der Waals surface area contributed by atoms with E-state index in [0.29, 0.717) is 18.8 Å². The molecule has 1 aliphatic rings. The Bertz CT molecular complexity index is 479. The van der Waals surface area contributed by atoms with Gasteiger partial charge in [-0.1, -0.05) is 6.08 Å². The summed E-state index contributed by atoms with van der Waals surface area (Å²) in [6.07, 6.45) is 3.24. The minimum Gasteiger partial charge on any atom is -0.497 e. The monoisotopic (exact) mass is 305 g/mol. The number of morpholine rings is 1. The summed E-state index contributed by atoms with van der Waals surface area (Å²) >= 11 is 0. The molecule has 4 nitrogen and oxygen atoms in total. The molecule has 0 radical (unpaired) electrons. The van der Waals surface area contributed by atoms with Gasteiger partial charge in [0.05, 0.1) is 19.3 Å².